The number of aromatic nitrogens is 1. The Kier molecular flexibility index (Phi) is 5.82. The smallest absolute Gasteiger partial charge is 0.380 e. The molecule has 1 saturated heterocycles. The second kappa shape index (κ2) is 8.96. The number of ether oxygens (including phenoxy) is 1. The van der Waals surface area contributed by atoms with E-state index >= 15 is 0 Å². The van der Waals surface area contributed by atoms with Gasteiger partial charge in [-0.25, -0.2) is 4.79 Å². The van der Waals surface area contributed by atoms with Crippen molar-refractivity contribution in [1.82, 2.24) is 15.1 Å². The Labute approximate surface area is 202 Å². The van der Waals surface area contributed by atoms with Crippen LogP contribution in [0.4, 0.5) is 0 Å². The number of hydrogen-bond donors (Lipinski definition) is 3. The van der Waals surface area contributed by atoms with Gasteiger partial charge in [-0.3, -0.25) is 25.1 Å². The van der Waals surface area contributed by atoms with E-state index in [0.717, 1.165) is 5.39 Å². The average molecular weight is 502 g/mol. The van der Waals surface area contributed by atoms with E-state index < -0.39 is 35.6 Å². The average Bonchev–Trinajstić information content (AvgIpc) is 3.49. The lowest BCUT2D eigenvalue weighted by molar-refractivity contribution is -0.669. The minimum Gasteiger partial charge on any atom is -0.477 e. The minimum absolute atomic E-state index is 0.0935. The van der Waals surface area contributed by atoms with Crippen molar-refractivity contribution in [2.45, 2.75) is 24.3 Å². The van der Waals surface area contributed by atoms with Crippen LogP contribution in [0.25, 0.3) is 11.1 Å². The van der Waals surface area contributed by atoms with E-state index in [2.05, 4.69) is 10.5 Å². The molecule has 3 aliphatic heterocycles. The molecule has 1 fully saturated rings. The van der Waals surface area contributed by atoms with Gasteiger partial charge < -0.3 is 24.4 Å². The number of pyridine rings is 1. The van der Waals surface area contributed by atoms with Crippen molar-refractivity contribution in [3.63, 3.8) is 0 Å². The van der Waals surface area contributed by atoms with Gasteiger partial charge in [-0.05, 0) is 12.1 Å². The van der Waals surface area contributed by atoms with Crippen LogP contribution in [0.5, 0.6) is 0 Å². The third-order valence-electron chi connectivity index (χ3n) is 5.71. The summed E-state index contributed by atoms with van der Waals surface area (Å²) in [6, 6.07) is 4.59. The van der Waals surface area contributed by atoms with Gasteiger partial charge >= 0.3 is 11.7 Å². The summed E-state index contributed by atoms with van der Waals surface area (Å²) in [4.78, 5) is 45.2. The molecule has 2 aromatic heterocycles. The van der Waals surface area contributed by atoms with Gasteiger partial charge in [-0.15, -0.1) is 11.8 Å². The first-order chi connectivity index (χ1) is 16.9. The molecule has 0 radical (unpaired) electrons. The Balaban J connectivity index is 1.36. The van der Waals surface area contributed by atoms with E-state index in [1.165, 1.54) is 41.1 Å². The number of rotatable bonds is 5. The topological polar surface area (TPSA) is 164 Å². The predicted molar refractivity (Wildman–Crippen MR) is 121 cm³/mol. The number of carboxylic acid groups (broad SMARTS) is 1. The lowest BCUT2D eigenvalue weighted by Gasteiger charge is -2.49. The zero-order valence-corrected chi connectivity index (χ0v) is 19.2. The summed E-state index contributed by atoms with van der Waals surface area (Å²) in [5.41, 5.74) is 6.84. The van der Waals surface area contributed by atoms with Gasteiger partial charge in [-0.1, -0.05) is 5.16 Å². The van der Waals surface area contributed by atoms with Crippen LogP contribution in [0.15, 0.2) is 64.0 Å². The highest BCUT2D eigenvalue weighted by atomic mass is 32.2. The first kappa shape index (κ1) is 22.7. The number of hydrogen-bond acceptors (Lipinski definition) is 9. The van der Waals surface area contributed by atoms with Crippen molar-refractivity contribution >= 4 is 46.5 Å². The monoisotopic (exact) mass is 501 g/mol. The molecule has 2 unspecified atom stereocenters. The van der Waals surface area contributed by atoms with Gasteiger partial charge in [0.15, 0.2) is 12.7 Å². The van der Waals surface area contributed by atoms with Gasteiger partial charge in [0.05, 0.1) is 11.6 Å². The lowest BCUT2D eigenvalue weighted by atomic mass is 10.0. The van der Waals surface area contributed by atoms with Gasteiger partial charge in [-0.2, -0.15) is 4.57 Å². The first-order valence-electron chi connectivity index (χ1n) is 10.4. The van der Waals surface area contributed by atoms with Crippen LogP contribution >= 0.6 is 11.8 Å². The molecule has 13 nitrogen and oxygen atoms in total. The fourth-order valence-corrected chi connectivity index (χ4v) is 5.48. The highest BCUT2D eigenvalue weighted by molar-refractivity contribution is 8.00. The van der Waals surface area contributed by atoms with Crippen molar-refractivity contribution in [3.8, 4) is 0 Å². The van der Waals surface area contributed by atoms with Crippen LogP contribution in [-0.2, 0) is 30.5 Å². The molecule has 2 amide bonds. The van der Waals surface area contributed by atoms with E-state index in [1.54, 1.807) is 17.0 Å². The number of amidine groups is 1. The summed E-state index contributed by atoms with van der Waals surface area (Å²) >= 11 is 1.36. The molecule has 35 heavy (non-hydrogen) atoms. The number of nitrogens with zero attached hydrogens (tertiary/aromatic N) is 4. The molecule has 0 spiro atoms. The van der Waals surface area contributed by atoms with E-state index in [4.69, 9.17) is 19.7 Å². The Hall–Kier alpha value is -4.04. The minimum atomic E-state index is -1.22. The van der Waals surface area contributed by atoms with E-state index in [9.17, 15) is 19.5 Å². The summed E-state index contributed by atoms with van der Waals surface area (Å²) in [7, 11) is 1.26. The maximum atomic E-state index is 13.0. The van der Waals surface area contributed by atoms with E-state index in [0.29, 0.717) is 17.0 Å². The zero-order chi connectivity index (χ0) is 24.7. The molecule has 182 valence electrons. The molecule has 4 N–H and O–H groups in total. The number of fused-ring (bicyclic) bond motifs is 2. The highest BCUT2D eigenvalue weighted by Crippen LogP contribution is 2.40. The number of amides is 2. The predicted octanol–water partition coefficient (Wildman–Crippen LogP) is -0.535. The summed E-state index contributed by atoms with van der Waals surface area (Å²) in [6.07, 6.45) is 5.06. The molecule has 0 aromatic carbocycles. The Morgan fingerprint density at radius 1 is 1.43 bits per heavy atom. The van der Waals surface area contributed by atoms with Crippen LogP contribution in [0.3, 0.4) is 0 Å². The molecule has 0 aliphatic carbocycles. The molecule has 14 heteroatoms. The number of nitrogens with one attached hydrogen (secondary N) is 1. The SMILES string of the molecule is CON=C(C(=O)NC1C(=O)N2C(C(=O)O)=C(C[n+]3cccc4ccoc43)CS[C@@H]12)N1C=COC1N. The van der Waals surface area contributed by atoms with Gasteiger partial charge in [0.25, 0.3) is 11.8 Å². The number of nitrogens with two attached hydrogens (primary N) is 1. The molecular weight excluding hydrogens is 480 g/mol. The number of β-lactam (4-membered cyclic amide) rings is 1. The molecule has 5 rings (SSSR count). The molecule has 2 aromatic rings. The van der Waals surface area contributed by atoms with Crippen LogP contribution in [0.2, 0.25) is 0 Å². The van der Waals surface area contributed by atoms with Crippen molar-refractivity contribution < 1.29 is 38.0 Å². The van der Waals surface area contributed by atoms with Crippen molar-refractivity contribution in [1.29, 1.82) is 0 Å². The van der Waals surface area contributed by atoms with Crippen molar-refractivity contribution in [3.05, 3.63) is 54.4 Å². The highest BCUT2D eigenvalue weighted by Gasteiger charge is 2.55. The quantitative estimate of drug-likeness (QED) is 0.159. The molecule has 3 aliphatic rings. The third kappa shape index (κ3) is 3.85. The van der Waals surface area contributed by atoms with Crippen LogP contribution < -0.4 is 15.6 Å². The molecule has 0 saturated carbocycles. The fourth-order valence-electron chi connectivity index (χ4n) is 4.15. The number of carboxylic acids is 1. The number of thioether (sulfide) groups is 1. The summed E-state index contributed by atoms with van der Waals surface area (Å²) in [5.74, 6) is -2.34. The molecule has 5 heterocycles. The largest absolute Gasteiger partial charge is 0.477 e. The maximum Gasteiger partial charge on any atom is 0.380 e. The normalized spacial score (nSPS) is 23.8. The fraction of sp³-hybridized carbons (Fsp3) is 0.286. The summed E-state index contributed by atoms with van der Waals surface area (Å²) in [6.45, 7) is 0.233. The number of aliphatic carboxylic acids is 1. The molecule has 3 atom stereocenters. The van der Waals surface area contributed by atoms with Crippen LogP contribution in [0, 0.1) is 0 Å². The summed E-state index contributed by atoms with van der Waals surface area (Å²) < 4.78 is 12.4. The second-order valence-electron chi connectivity index (χ2n) is 7.75. The number of furan rings is 1. The second-order valence-corrected chi connectivity index (χ2v) is 8.86. The van der Waals surface area contributed by atoms with Crippen molar-refractivity contribution in [2.24, 2.45) is 10.9 Å². The number of oxime groups is 1. The van der Waals surface area contributed by atoms with Gasteiger partial charge in [0.1, 0.15) is 30.5 Å². The lowest BCUT2D eigenvalue weighted by Crippen LogP contribution is -2.71. The Bertz CT molecular complexity index is 1300. The van der Waals surface area contributed by atoms with Crippen LogP contribution in [-0.4, -0.2) is 69.2 Å². The third-order valence-corrected chi connectivity index (χ3v) is 7.05. The number of carbonyl (C=O) groups is 3. The molecule has 0 bridgehead atoms. The van der Waals surface area contributed by atoms with E-state index in [1.807, 2.05) is 18.2 Å². The Morgan fingerprint density at radius 3 is 2.97 bits per heavy atom. The van der Waals surface area contributed by atoms with Gasteiger partial charge in [0.2, 0.25) is 12.2 Å². The van der Waals surface area contributed by atoms with E-state index in [-0.39, 0.29) is 18.1 Å². The molecular formula is C21H21N6O7S+. The Morgan fingerprint density at radius 2 is 2.26 bits per heavy atom. The summed E-state index contributed by atoms with van der Waals surface area (Å²) in [5, 5.41) is 16.5. The first-order valence-corrected chi connectivity index (χ1v) is 11.5. The van der Waals surface area contributed by atoms with Crippen LogP contribution in [0.1, 0.15) is 0 Å². The van der Waals surface area contributed by atoms with Crippen molar-refractivity contribution in [2.75, 3.05) is 12.9 Å². The zero-order valence-electron chi connectivity index (χ0n) is 18.4. The number of carbonyl (C=O) groups excluding carboxylic acids is 2. The van der Waals surface area contributed by atoms with Gasteiger partial charge in [0, 0.05) is 23.6 Å². The maximum absolute atomic E-state index is 13.0. The standard InChI is InChI=1S/C21H20N6O7S/c1-32-24-15(26-6-8-34-21(26)22)16(28)23-13-17(29)27-14(20(30)31)12(10-35-19(13)27)9-25-5-2-3-11-4-7-33-18(11)25/h2-8,13,19,21H,9-10,22H2,1H3,(H-,23,28,30,31)/p+1/t13?,19-,21?/m0/s1.